The second kappa shape index (κ2) is 6.83. The van der Waals surface area contributed by atoms with Crippen molar-refractivity contribution < 1.29 is 14.2 Å². The molecule has 0 amide bonds. The van der Waals surface area contributed by atoms with Gasteiger partial charge in [-0.2, -0.15) is 0 Å². The highest BCUT2D eigenvalue weighted by molar-refractivity contribution is 6.30. The summed E-state index contributed by atoms with van der Waals surface area (Å²) in [6.07, 6.45) is 2.22. The maximum atomic E-state index is 13.1. The van der Waals surface area contributed by atoms with Crippen molar-refractivity contribution in [2.75, 3.05) is 19.7 Å². The molecule has 0 unspecified atom stereocenters. The van der Waals surface area contributed by atoms with Crippen molar-refractivity contribution in [3.63, 3.8) is 0 Å². The van der Waals surface area contributed by atoms with Crippen LogP contribution in [0.3, 0.4) is 0 Å². The molecule has 1 aromatic heterocycles. The van der Waals surface area contributed by atoms with Crippen molar-refractivity contribution in [3.8, 4) is 5.75 Å². The predicted octanol–water partition coefficient (Wildman–Crippen LogP) is 2.89. The van der Waals surface area contributed by atoms with Gasteiger partial charge >= 0.3 is 0 Å². The number of likely N-dealkylation sites (tertiary alicyclic amines) is 1. The summed E-state index contributed by atoms with van der Waals surface area (Å²) in [6.45, 7) is 2.04. The van der Waals surface area contributed by atoms with E-state index in [0.29, 0.717) is 30.3 Å². The molecule has 1 atom stereocenters. The van der Waals surface area contributed by atoms with Gasteiger partial charge in [0.2, 0.25) is 0 Å². The summed E-state index contributed by atoms with van der Waals surface area (Å²) in [5, 5.41) is 11.2. The normalized spacial score (nSPS) is 21.5. The summed E-state index contributed by atoms with van der Waals surface area (Å²) >= 11 is 5.82. The summed E-state index contributed by atoms with van der Waals surface area (Å²) in [6, 6.07) is 9.62. The summed E-state index contributed by atoms with van der Waals surface area (Å²) in [4.78, 5) is 6.38. The van der Waals surface area contributed by atoms with E-state index in [1.54, 1.807) is 24.4 Å². The Hall–Kier alpha value is -1.69. The maximum absolute atomic E-state index is 13.1. The first-order valence-corrected chi connectivity index (χ1v) is 7.84. The minimum Gasteiger partial charge on any atom is -0.490 e. The van der Waals surface area contributed by atoms with E-state index in [-0.39, 0.29) is 12.4 Å². The van der Waals surface area contributed by atoms with Gasteiger partial charge in [0.15, 0.2) is 0 Å². The minimum atomic E-state index is -0.932. The van der Waals surface area contributed by atoms with Gasteiger partial charge in [-0.05, 0) is 30.7 Å². The Morgan fingerprint density at radius 3 is 2.96 bits per heavy atom. The summed E-state index contributed by atoms with van der Waals surface area (Å²) < 4.78 is 18.7. The number of aromatic nitrogens is 1. The SMILES string of the molecule is O[C@]1(COc2cccc(F)c2)CCN(Cc2ccc(Cl)cn2)C1. The van der Waals surface area contributed by atoms with Gasteiger partial charge in [-0.15, -0.1) is 0 Å². The number of ether oxygens (including phenoxy) is 1. The molecule has 1 N–H and O–H groups in total. The topological polar surface area (TPSA) is 45.6 Å². The van der Waals surface area contributed by atoms with Gasteiger partial charge < -0.3 is 9.84 Å². The number of β-amino-alcohol motifs (C(OH)–C–C–N with tert-alkyl or cyclic N) is 1. The first kappa shape index (κ1) is 16.2. The highest BCUT2D eigenvalue weighted by Crippen LogP contribution is 2.24. The van der Waals surface area contributed by atoms with Crippen LogP contribution >= 0.6 is 11.6 Å². The highest BCUT2D eigenvalue weighted by Gasteiger charge is 2.37. The van der Waals surface area contributed by atoms with Crippen LogP contribution in [-0.2, 0) is 6.54 Å². The van der Waals surface area contributed by atoms with Crippen LogP contribution in [0.1, 0.15) is 12.1 Å². The lowest BCUT2D eigenvalue weighted by molar-refractivity contribution is 0.00321. The number of benzene rings is 1. The van der Waals surface area contributed by atoms with Gasteiger partial charge in [0, 0.05) is 31.9 Å². The second-order valence-corrected chi connectivity index (χ2v) is 6.34. The third-order valence-corrected chi connectivity index (χ3v) is 4.11. The monoisotopic (exact) mass is 336 g/mol. The Morgan fingerprint density at radius 1 is 1.35 bits per heavy atom. The highest BCUT2D eigenvalue weighted by atomic mass is 35.5. The summed E-state index contributed by atoms with van der Waals surface area (Å²) in [5.74, 6) is 0.0765. The van der Waals surface area contributed by atoms with E-state index in [4.69, 9.17) is 16.3 Å². The average molecular weight is 337 g/mol. The summed E-state index contributed by atoms with van der Waals surface area (Å²) in [5.41, 5.74) is -0.0247. The van der Waals surface area contributed by atoms with Crippen LogP contribution in [0.15, 0.2) is 42.6 Å². The van der Waals surface area contributed by atoms with E-state index in [2.05, 4.69) is 9.88 Å². The number of hydrogen-bond acceptors (Lipinski definition) is 4. The molecule has 0 saturated carbocycles. The zero-order chi connectivity index (χ0) is 16.3. The standard InChI is InChI=1S/C17H18ClFN2O2/c18-13-4-5-15(20-9-13)10-21-7-6-17(22,11-21)12-23-16-3-1-2-14(19)8-16/h1-5,8-9,22H,6-7,10-12H2/t17-/m1/s1. The maximum Gasteiger partial charge on any atom is 0.126 e. The lowest BCUT2D eigenvalue weighted by atomic mass is 10.1. The second-order valence-electron chi connectivity index (χ2n) is 5.90. The van der Waals surface area contributed by atoms with E-state index in [1.807, 2.05) is 6.07 Å². The number of pyridine rings is 1. The molecular weight excluding hydrogens is 319 g/mol. The van der Waals surface area contributed by atoms with Gasteiger partial charge in [-0.3, -0.25) is 9.88 Å². The van der Waals surface area contributed by atoms with Crippen LogP contribution in [0.4, 0.5) is 4.39 Å². The van der Waals surface area contributed by atoms with Crippen LogP contribution in [0.25, 0.3) is 0 Å². The molecule has 23 heavy (non-hydrogen) atoms. The van der Waals surface area contributed by atoms with Crippen molar-refractivity contribution in [1.82, 2.24) is 9.88 Å². The van der Waals surface area contributed by atoms with E-state index in [9.17, 15) is 9.50 Å². The first-order valence-electron chi connectivity index (χ1n) is 7.46. The molecule has 3 rings (SSSR count). The fourth-order valence-corrected chi connectivity index (χ4v) is 2.81. The molecule has 1 saturated heterocycles. The lowest BCUT2D eigenvalue weighted by Gasteiger charge is -2.23. The molecule has 0 aliphatic carbocycles. The van der Waals surface area contributed by atoms with Crippen LogP contribution in [-0.4, -0.2) is 40.3 Å². The van der Waals surface area contributed by atoms with Crippen molar-refractivity contribution in [1.29, 1.82) is 0 Å². The lowest BCUT2D eigenvalue weighted by Crippen LogP contribution is -2.39. The van der Waals surface area contributed by atoms with Crippen LogP contribution < -0.4 is 4.74 Å². The summed E-state index contributed by atoms with van der Waals surface area (Å²) in [7, 11) is 0. The molecule has 1 aliphatic heterocycles. The largest absolute Gasteiger partial charge is 0.490 e. The van der Waals surface area contributed by atoms with Gasteiger partial charge in [0.1, 0.15) is 23.8 Å². The Labute approximate surface area is 139 Å². The van der Waals surface area contributed by atoms with Gasteiger partial charge in [-0.25, -0.2) is 4.39 Å². The number of rotatable bonds is 5. The van der Waals surface area contributed by atoms with Crippen molar-refractivity contribution in [3.05, 3.63) is 59.1 Å². The zero-order valence-corrected chi connectivity index (χ0v) is 13.3. The fraction of sp³-hybridized carbons (Fsp3) is 0.353. The van der Waals surface area contributed by atoms with Crippen LogP contribution in [0.2, 0.25) is 5.02 Å². The third-order valence-electron chi connectivity index (χ3n) is 3.89. The van der Waals surface area contributed by atoms with Gasteiger partial charge in [0.05, 0.1) is 10.7 Å². The molecular formula is C17H18ClFN2O2. The fourth-order valence-electron chi connectivity index (χ4n) is 2.70. The third kappa shape index (κ3) is 4.41. The molecule has 0 bridgehead atoms. The molecule has 4 nitrogen and oxygen atoms in total. The Kier molecular flexibility index (Phi) is 4.80. The van der Waals surface area contributed by atoms with E-state index in [1.165, 1.54) is 12.1 Å². The molecule has 6 heteroatoms. The minimum absolute atomic E-state index is 0.140. The van der Waals surface area contributed by atoms with Crippen molar-refractivity contribution >= 4 is 11.6 Å². The van der Waals surface area contributed by atoms with Crippen LogP contribution in [0.5, 0.6) is 5.75 Å². The van der Waals surface area contributed by atoms with Crippen molar-refractivity contribution in [2.45, 2.75) is 18.6 Å². The zero-order valence-electron chi connectivity index (χ0n) is 12.6. The Morgan fingerprint density at radius 2 is 2.22 bits per heavy atom. The number of hydrogen-bond donors (Lipinski definition) is 1. The van der Waals surface area contributed by atoms with E-state index >= 15 is 0 Å². The van der Waals surface area contributed by atoms with Crippen LogP contribution in [0, 0.1) is 5.82 Å². The number of halogens is 2. The molecule has 122 valence electrons. The van der Waals surface area contributed by atoms with E-state index < -0.39 is 5.60 Å². The predicted molar refractivity (Wildman–Crippen MR) is 86.0 cm³/mol. The molecule has 1 aliphatic rings. The first-order chi connectivity index (χ1) is 11.0. The molecule has 2 heterocycles. The van der Waals surface area contributed by atoms with Gasteiger partial charge in [0.25, 0.3) is 0 Å². The Balaban J connectivity index is 1.54. The molecule has 2 aromatic rings. The smallest absolute Gasteiger partial charge is 0.126 e. The Bertz CT molecular complexity index is 668. The molecule has 0 spiro atoms. The molecule has 1 aromatic carbocycles. The van der Waals surface area contributed by atoms with Gasteiger partial charge in [-0.1, -0.05) is 17.7 Å². The van der Waals surface area contributed by atoms with E-state index in [0.717, 1.165) is 12.2 Å². The van der Waals surface area contributed by atoms with Crippen molar-refractivity contribution in [2.24, 2.45) is 0 Å². The number of nitrogens with zero attached hydrogens (tertiary/aromatic N) is 2. The molecule has 1 fully saturated rings. The quantitative estimate of drug-likeness (QED) is 0.912. The molecule has 0 radical (unpaired) electrons. The average Bonchev–Trinajstić information content (AvgIpc) is 2.90. The number of aliphatic hydroxyl groups is 1.